The Morgan fingerprint density at radius 2 is 1.92 bits per heavy atom. The highest BCUT2D eigenvalue weighted by atomic mass is 32.1. The van der Waals surface area contributed by atoms with Gasteiger partial charge >= 0.3 is 5.97 Å². The smallest absolute Gasteiger partial charge is 0.338 e. The number of anilines is 1. The molecular formula is C20H19N3O2S. The lowest BCUT2D eigenvalue weighted by Crippen LogP contribution is -2.10. The summed E-state index contributed by atoms with van der Waals surface area (Å²) in [5.74, 6) is -0.384. The van der Waals surface area contributed by atoms with Crippen LogP contribution < -0.4 is 5.01 Å². The van der Waals surface area contributed by atoms with Crippen molar-refractivity contribution < 1.29 is 9.53 Å². The van der Waals surface area contributed by atoms with Gasteiger partial charge in [0, 0.05) is 23.6 Å². The normalized spacial score (nSPS) is 10.9. The lowest BCUT2D eigenvalue weighted by Gasteiger charge is -2.09. The van der Waals surface area contributed by atoms with Crippen LogP contribution in [-0.2, 0) is 4.74 Å². The molecule has 0 saturated heterocycles. The maximum absolute atomic E-state index is 11.8. The van der Waals surface area contributed by atoms with Crippen LogP contribution >= 0.6 is 11.3 Å². The number of aromatic nitrogens is 1. The summed E-state index contributed by atoms with van der Waals surface area (Å²) in [6, 6.07) is 15.3. The van der Waals surface area contributed by atoms with Gasteiger partial charge in [0.25, 0.3) is 0 Å². The van der Waals surface area contributed by atoms with E-state index in [-0.39, 0.29) is 5.97 Å². The molecule has 0 bridgehead atoms. The number of methoxy groups -OCH3 is 1. The number of benzene rings is 2. The monoisotopic (exact) mass is 365 g/mol. The molecule has 0 atom stereocenters. The fraction of sp³-hybridized carbons (Fsp3) is 0.150. The third kappa shape index (κ3) is 3.81. The standard InChI is InChI=1S/C20H19N3O2S/c1-14-8-4-6-10-16(14)18-13-26-20(22-18)23(2)21-12-15-9-5-7-11-17(15)19(24)25-3/h4-13H,1-3H3/b21-12+. The zero-order valence-corrected chi connectivity index (χ0v) is 15.7. The molecule has 26 heavy (non-hydrogen) atoms. The van der Waals surface area contributed by atoms with Gasteiger partial charge in [-0.3, -0.25) is 0 Å². The number of hydrazone groups is 1. The molecule has 0 spiro atoms. The molecule has 132 valence electrons. The van der Waals surface area contributed by atoms with E-state index >= 15 is 0 Å². The second kappa shape index (κ2) is 7.93. The predicted molar refractivity (Wildman–Crippen MR) is 106 cm³/mol. The molecule has 0 aliphatic carbocycles. The number of carbonyl (C=O) groups excluding carboxylic acids is 1. The van der Waals surface area contributed by atoms with E-state index in [9.17, 15) is 4.79 Å². The van der Waals surface area contributed by atoms with E-state index in [0.717, 1.165) is 16.4 Å². The first-order valence-corrected chi connectivity index (χ1v) is 8.94. The van der Waals surface area contributed by atoms with Gasteiger partial charge in [-0.05, 0) is 18.6 Å². The SMILES string of the molecule is COC(=O)c1ccccc1/C=N/N(C)c1nc(-c2ccccc2C)cs1. The molecule has 0 amide bonds. The van der Waals surface area contributed by atoms with Crippen molar-refractivity contribution in [1.29, 1.82) is 0 Å². The maximum atomic E-state index is 11.8. The molecule has 0 aliphatic rings. The molecule has 0 N–H and O–H groups in total. The summed E-state index contributed by atoms with van der Waals surface area (Å²) < 4.78 is 4.81. The van der Waals surface area contributed by atoms with Crippen molar-refractivity contribution in [3.8, 4) is 11.3 Å². The molecule has 0 aliphatic heterocycles. The molecule has 1 aromatic heterocycles. The summed E-state index contributed by atoms with van der Waals surface area (Å²) in [7, 11) is 3.20. The van der Waals surface area contributed by atoms with Crippen molar-refractivity contribution in [2.75, 3.05) is 19.2 Å². The number of nitrogens with zero attached hydrogens (tertiary/aromatic N) is 3. The quantitative estimate of drug-likeness (QED) is 0.383. The van der Waals surface area contributed by atoms with Gasteiger partial charge in [0.15, 0.2) is 0 Å². The van der Waals surface area contributed by atoms with Gasteiger partial charge < -0.3 is 4.74 Å². The zero-order chi connectivity index (χ0) is 18.5. The average Bonchev–Trinajstić information content (AvgIpc) is 3.16. The molecule has 6 heteroatoms. The third-order valence-corrected chi connectivity index (χ3v) is 4.83. The van der Waals surface area contributed by atoms with Crippen LogP contribution in [0.5, 0.6) is 0 Å². The van der Waals surface area contributed by atoms with Crippen molar-refractivity contribution in [1.82, 2.24) is 4.98 Å². The van der Waals surface area contributed by atoms with E-state index in [4.69, 9.17) is 4.74 Å². The van der Waals surface area contributed by atoms with E-state index in [1.807, 2.05) is 36.7 Å². The molecule has 1 heterocycles. The minimum atomic E-state index is -0.384. The van der Waals surface area contributed by atoms with Gasteiger partial charge in [0.1, 0.15) is 0 Å². The van der Waals surface area contributed by atoms with Gasteiger partial charge in [0.05, 0.1) is 24.6 Å². The van der Waals surface area contributed by atoms with Crippen molar-refractivity contribution >= 4 is 28.7 Å². The second-order valence-electron chi connectivity index (χ2n) is 5.68. The van der Waals surface area contributed by atoms with Gasteiger partial charge in [-0.1, -0.05) is 42.5 Å². The summed E-state index contributed by atoms with van der Waals surface area (Å²) in [6.07, 6.45) is 1.64. The lowest BCUT2D eigenvalue weighted by atomic mass is 10.1. The Morgan fingerprint density at radius 1 is 1.19 bits per heavy atom. The van der Waals surface area contributed by atoms with Crippen LogP contribution in [0, 0.1) is 6.92 Å². The molecular weight excluding hydrogens is 346 g/mol. The van der Waals surface area contributed by atoms with Crippen molar-refractivity contribution in [3.05, 3.63) is 70.6 Å². The van der Waals surface area contributed by atoms with Gasteiger partial charge in [-0.25, -0.2) is 14.8 Å². The van der Waals surface area contributed by atoms with E-state index in [1.165, 1.54) is 24.0 Å². The average molecular weight is 365 g/mol. The Labute approximate surface area is 156 Å². The Bertz CT molecular complexity index is 949. The van der Waals surface area contributed by atoms with Crippen LogP contribution in [0.25, 0.3) is 11.3 Å². The van der Waals surface area contributed by atoms with Crippen LogP contribution in [-0.4, -0.2) is 31.3 Å². The highest BCUT2D eigenvalue weighted by Crippen LogP contribution is 2.28. The number of esters is 1. The molecule has 0 saturated carbocycles. The topological polar surface area (TPSA) is 54.8 Å². The number of hydrogen-bond acceptors (Lipinski definition) is 6. The Morgan fingerprint density at radius 3 is 2.69 bits per heavy atom. The van der Waals surface area contributed by atoms with Crippen LogP contribution in [0.4, 0.5) is 5.13 Å². The van der Waals surface area contributed by atoms with E-state index in [2.05, 4.69) is 29.1 Å². The molecule has 0 radical (unpaired) electrons. The summed E-state index contributed by atoms with van der Waals surface area (Å²) in [5, 5.41) is 8.91. The van der Waals surface area contributed by atoms with E-state index in [1.54, 1.807) is 23.4 Å². The summed E-state index contributed by atoms with van der Waals surface area (Å²) in [4.78, 5) is 16.5. The number of hydrogen-bond donors (Lipinski definition) is 0. The first-order chi connectivity index (χ1) is 12.6. The maximum Gasteiger partial charge on any atom is 0.338 e. The first-order valence-electron chi connectivity index (χ1n) is 8.06. The molecule has 2 aromatic carbocycles. The minimum absolute atomic E-state index is 0.384. The Hall–Kier alpha value is -2.99. The Balaban J connectivity index is 1.82. The molecule has 3 rings (SSSR count). The van der Waals surface area contributed by atoms with Crippen molar-refractivity contribution in [3.63, 3.8) is 0 Å². The predicted octanol–water partition coefficient (Wildman–Crippen LogP) is 4.38. The second-order valence-corrected chi connectivity index (χ2v) is 6.51. The number of thiazole rings is 1. The fourth-order valence-corrected chi connectivity index (χ4v) is 3.25. The Kier molecular flexibility index (Phi) is 5.43. The summed E-state index contributed by atoms with van der Waals surface area (Å²) >= 11 is 1.52. The van der Waals surface area contributed by atoms with E-state index < -0.39 is 0 Å². The highest BCUT2D eigenvalue weighted by molar-refractivity contribution is 7.14. The number of aryl methyl sites for hydroxylation is 1. The van der Waals surface area contributed by atoms with Crippen LogP contribution in [0.15, 0.2) is 59.0 Å². The number of ether oxygens (including phenoxy) is 1. The van der Waals surface area contributed by atoms with Gasteiger partial charge in [-0.2, -0.15) is 5.10 Å². The van der Waals surface area contributed by atoms with Gasteiger partial charge in [0.2, 0.25) is 5.13 Å². The largest absolute Gasteiger partial charge is 0.465 e. The highest BCUT2D eigenvalue weighted by Gasteiger charge is 2.11. The zero-order valence-electron chi connectivity index (χ0n) is 14.8. The van der Waals surface area contributed by atoms with Crippen LogP contribution in [0.1, 0.15) is 21.5 Å². The van der Waals surface area contributed by atoms with Crippen molar-refractivity contribution in [2.45, 2.75) is 6.92 Å². The van der Waals surface area contributed by atoms with Crippen LogP contribution in [0.3, 0.4) is 0 Å². The van der Waals surface area contributed by atoms with Crippen LogP contribution in [0.2, 0.25) is 0 Å². The number of rotatable bonds is 5. The third-order valence-electron chi connectivity index (χ3n) is 3.93. The molecule has 0 fully saturated rings. The van der Waals surface area contributed by atoms with E-state index in [0.29, 0.717) is 11.1 Å². The number of carbonyl (C=O) groups is 1. The lowest BCUT2D eigenvalue weighted by molar-refractivity contribution is 0.0600. The fourth-order valence-electron chi connectivity index (χ4n) is 2.50. The summed E-state index contributed by atoms with van der Waals surface area (Å²) in [5.41, 5.74) is 4.40. The molecule has 5 nitrogen and oxygen atoms in total. The minimum Gasteiger partial charge on any atom is -0.465 e. The van der Waals surface area contributed by atoms with Gasteiger partial charge in [-0.15, -0.1) is 11.3 Å². The summed E-state index contributed by atoms with van der Waals surface area (Å²) in [6.45, 7) is 2.07. The molecule has 0 unspecified atom stereocenters. The first kappa shape index (κ1) is 17.8. The van der Waals surface area contributed by atoms with Crippen molar-refractivity contribution in [2.24, 2.45) is 5.10 Å². The molecule has 3 aromatic rings.